The predicted molar refractivity (Wildman–Crippen MR) is 116 cm³/mol. The Kier molecular flexibility index (Phi) is 6.85. The second-order valence-corrected chi connectivity index (χ2v) is 9.83. The van der Waals surface area contributed by atoms with Gasteiger partial charge in [0, 0.05) is 6.42 Å². The highest BCUT2D eigenvalue weighted by atomic mass is 32.2. The van der Waals surface area contributed by atoms with E-state index in [1.165, 1.54) is 29.0 Å². The highest BCUT2D eigenvalue weighted by Crippen LogP contribution is 2.20. The van der Waals surface area contributed by atoms with Crippen LogP contribution in [0.5, 0.6) is 0 Å². The molecular weight excluding hydrogens is 423 g/mol. The quantitative estimate of drug-likeness (QED) is 0.412. The number of hydrogen-bond acceptors (Lipinski definition) is 4. The minimum absolute atomic E-state index is 0.00899. The minimum atomic E-state index is -3.58. The van der Waals surface area contributed by atoms with Crippen molar-refractivity contribution in [3.05, 3.63) is 58.6 Å². The summed E-state index contributed by atoms with van der Waals surface area (Å²) in [6, 6.07) is 10.7. The number of carbonyl (C=O) groups excluding carboxylic acids is 1. The van der Waals surface area contributed by atoms with Crippen molar-refractivity contribution in [1.29, 1.82) is 0 Å². The number of aromatic nitrogens is 1. The van der Waals surface area contributed by atoms with E-state index in [9.17, 15) is 17.6 Å². The fourth-order valence-electron chi connectivity index (χ4n) is 3.00. The topological polar surface area (TPSA) is 68.5 Å². The summed E-state index contributed by atoms with van der Waals surface area (Å²) in [5.41, 5.74) is 2.10. The van der Waals surface area contributed by atoms with E-state index >= 15 is 0 Å². The van der Waals surface area contributed by atoms with E-state index in [4.69, 9.17) is 6.42 Å². The smallest absolute Gasteiger partial charge is 0.248 e. The first-order chi connectivity index (χ1) is 14.3. The zero-order valence-electron chi connectivity index (χ0n) is 16.5. The number of terminal acetylenes is 1. The van der Waals surface area contributed by atoms with Crippen LogP contribution in [-0.2, 0) is 27.6 Å². The van der Waals surface area contributed by atoms with Crippen LogP contribution in [0.1, 0.15) is 25.3 Å². The van der Waals surface area contributed by atoms with Crippen molar-refractivity contribution in [3.63, 3.8) is 0 Å². The Morgan fingerprint density at radius 3 is 2.63 bits per heavy atom. The maximum Gasteiger partial charge on any atom is 0.248 e. The van der Waals surface area contributed by atoms with E-state index in [-0.39, 0.29) is 30.0 Å². The fraction of sp³-hybridized carbons (Fsp3) is 0.273. The average Bonchev–Trinajstić information content (AvgIpc) is 3.04. The van der Waals surface area contributed by atoms with Crippen LogP contribution in [0.15, 0.2) is 52.4 Å². The van der Waals surface area contributed by atoms with Crippen LogP contribution in [0.4, 0.5) is 4.39 Å². The second kappa shape index (κ2) is 9.37. The van der Waals surface area contributed by atoms with Gasteiger partial charge >= 0.3 is 0 Å². The molecule has 0 radical (unpaired) electrons. The van der Waals surface area contributed by atoms with E-state index in [0.717, 1.165) is 28.8 Å². The van der Waals surface area contributed by atoms with Gasteiger partial charge in [-0.25, -0.2) is 12.8 Å². The van der Waals surface area contributed by atoms with Crippen LogP contribution in [0.2, 0.25) is 0 Å². The maximum absolute atomic E-state index is 13.0. The Balaban J connectivity index is 1.76. The number of carbonyl (C=O) groups is 1. The molecule has 0 spiro atoms. The first kappa shape index (κ1) is 21.9. The summed E-state index contributed by atoms with van der Waals surface area (Å²) in [7, 11) is -3.58. The summed E-state index contributed by atoms with van der Waals surface area (Å²) in [6.45, 7) is 2.36. The summed E-state index contributed by atoms with van der Waals surface area (Å²) < 4.78 is 40.4. The standard InChI is InChI=1S/C22H21FN2O3S2/c1-3-13-25-19-12-7-16(4-2)15-20(19)29-22(25)24-21(26)6-5-14-30(27,28)18-10-8-17(23)9-11-18/h1,7-12,15H,4-6,13-14H2,2H3. The number of rotatable bonds is 7. The van der Waals surface area contributed by atoms with Crippen molar-refractivity contribution in [2.24, 2.45) is 4.99 Å². The first-order valence-electron chi connectivity index (χ1n) is 9.45. The van der Waals surface area contributed by atoms with Gasteiger partial charge in [0.05, 0.1) is 27.4 Å². The van der Waals surface area contributed by atoms with Gasteiger partial charge in [0.25, 0.3) is 0 Å². The highest BCUT2D eigenvalue weighted by molar-refractivity contribution is 7.91. The molecule has 0 unspecified atom stereocenters. The summed E-state index contributed by atoms with van der Waals surface area (Å²) in [5, 5.41) is 0. The van der Waals surface area contributed by atoms with Crippen LogP contribution < -0.4 is 4.80 Å². The van der Waals surface area contributed by atoms with Crippen molar-refractivity contribution >= 4 is 37.3 Å². The van der Waals surface area contributed by atoms with Crippen molar-refractivity contribution in [3.8, 4) is 12.3 Å². The molecule has 0 bridgehead atoms. The van der Waals surface area contributed by atoms with Gasteiger partial charge in [-0.15, -0.1) is 6.42 Å². The zero-order chi connectivity index (χ0) is 21.7. The van der Waals surface area contributed by atoms with Crippen LogP contribution in [0, 0.1) is 18.2 Å². The van der Waals surface area contributed by atoms with Crippen molar-refractivity contribution < 1.29 is 17.6 Å². The molecule has 0 aliphatic rings. The molecule has 0 saturated heterocycles. The number of amides is 1. The van der Waals surface area contributed by atoms with E-state index in [1.807, 2.05) is 16.7 Å². The van der Waals surface area contributed by atoms with E-state index in [1.54, 1.807) is 0 Å². The number of nitrogens with zero attached hydrogens (tertiary/aromatic N) is 2. The highest BCUT2D eigenvalue weighted by Gasteiger charge is 2.15. The Bertz CT molecular complexity index is 1280. The molecule has 30 heavy (non-hydrogen) atoms. The molecule has 8 heteroatoms. The van der Waals surface area contributed by atoms with Gasteiger partial charge in [-0.05, 0) is 54.8 Å². The molecule has 1 heterocycles. The summed E-state index contributed by atoms with van der Waals surface area (Å²) in [6.07, 6.45) is 6.49. The van der Waals surface area contributed by atoms with Gasteiger partial charge in [0.2, 0.25) is 5.91 Å². The van der Waals surface area contributed by atoms with Crippen molar-refractivity contribution in [2.75, 3.05) is 5.75 Å². The lowest BCUT2D eigenvalue weighted by atomic mass is 10.2. The SMILES string of the molecule is C#CCn1c(=NC(=O)CCCS(=O)(=O)c2ccc(F)cc2)sc2cc(CC)ccc21. The Morgan fingerprint density at radius 2 is 1.97 bits per heavy atom. The number of halogens is 1. The zero-order valence-corrected chi connectivity index (χ0v) is 18.1. The van der Waals surface area contributed by atoms with Crippen LogP contribution in [0.3, 0.4) is 0 Å². The normalized spacial score (nSPS) is 12.2. The van der Waals surface area contributed by atoms with Crippen LogP contribution in [-0.4, -0.2) is 24.6 Å². The molecule has 0 aliphatic heterocycles. The number of hydrogen-bond donors (Lipinski definition) is 0. The number of aryl methyl sites for hydroxylation is 1. The number of thiazole rings is 1. The molecule has 0 saturated carbocycles. The first-order valence-corrected chi connectivity index (χ1v) is 11.9. The number of sulfone groups is 1. The summed E-state index contributed by atoms with van der Waals surface area (Å²) in [5.74, 6) is 1.46. The second-order valence-electron chi connectivity index (χ2n) is 6.71. The van der Waals surface area contributed by atoms with Gasteiger partial charge in [0.1, 0.15) is 5.82 Å². The third kappa shape index (κ3) is 5.04. The lowest BCUT2D eigenvalue weighted by Gasteiger charge is -2.03. The van der Waals surface area contributed by atoms with Crippen LogP contribution >= 0.6 is 11.3 Å². The van der Waals surface area contributed by atoms with Gasteiger partial charge < -0.3 is 4.57 Å². The fourth-order valence-corrected chi connectivity index (χ4v) is 5.42. The third-order valence-electron chi connectivity index (χ3n) is 4.60. The molecule has 1 amide bonds. The summed E-state index contributed by atoms with van der Waals surface area (Å²) in [4.78, 5) is 17.1. The monoisotopic (exact) mass is 444 g/mol. The molecule has 3 rings (SSSR count). The molecule has 5 nitrogen and oxygen atoms in total. The molecular formula is C22H21FN2O3S2. The molecule has 156 valence electrons. The molecule has 1 aromatic heterocycles. The minimum Gasteiger partial charge on any atom is -0.305 e. The summed E-state index contributed by atoms with van der Waals surface area (Å²) >= 11 is 1.39. The largest absolute Gasteiger partial charge is 0.305 e. The Labute approximate surface area is 178 Å². The van der Waals surface area contributed by atoms with Gasteiger partial charge in [-0.3, -0.25) is 4.79 Å². The number of benzene rings is 2. The molecule has 0 N–H and O–H groups in total. The Morgan fingerprint density at radius 1 is 1.23 bits per heavy atom. The maximum atomic E-state index is 13.0. The third-order valence-corrected chi connectivity index (χ3v) is 7.46. The van der Waals surface area contributed by atoms with Gasteiger partial charge in [0.15, 0.2) is 14.6 Å². The molecule has 0 fully saturated rings. The lowest BCUT2D eigenvalue weighted by Crippen LogP contribution is -2.16. The van der Waals surface area contributed by atoms with Gasteiger partial charge in [-0.1, -0.05) is 30.2 Å². The predicted octanol–water partition coefficient (Wildman–Crippen LogP) is 3.72. The molecule has 2 aromatic carbocycles. The molecule has 0 atom stereocenters. The van der Waals surface area contributed by atoms with Gasteiger partial charge in [-0.2, -0.15) is 4.99 Å². The average molecular weight is 445 g/mol. The Hall–Kier alpha value is -2.76. The van der Waals surface area contributed by atoms with Crippen LogP contribution in [0.25, 0.3) is 10.2 Å². The van der Waals surface area contributed by atoms with E-state index in [2.05, 4.69) is 23.9 Å². The van der Waals surface area contributed by atoms with E-state index in [0.29, 0.717) is 4.80 Å². The molecule has 0 aliphatic carbocycles. The van der Waals surface area contributed by atoms with Crippen molar-refractivity contribution in [2.45, 2.75) is 37.6 Å². The van der Waals surface area contributed by atoms with E-state index < -0.39 is 21.6 Å². The lowest BCUT2D eigenvalue weighted by molar-refractivity contribution is -0.118. The number of fused-ring (bicyclic) bond motifs is 1. The van der Waals surface area contributed by atoms with Crippen molar-refractivity contribution in [1.82, 2.24) is 4.57 Å². The molecule has 3 aromatic rings.